The Morgan fingerprint density at radius 3 is 1.93 bits per heavy atom. The molecule has 242 valence electrons. The molecule has 1 heterocycles. The molecule has 0 unspecified atom stereocenters. The normalized spacial score (nSPS) is 13.5. The predicted molar refractivity (Wildman–Crippen MR) is 170 cm³/mol. The zero-order chi connectivity index (χ0) is 33.5. The minimum absolute atomic E-state index is 0.257. The summed E-state index contributed by atoms with van der Waals surface area (Å²) >= 11 is 0. The van der Waals surface area contributed by atoms with Crippen molar-refractivity contribution in [2.24, 2.45) is 0 Å². The van der Waals surface area contributed by atoms with E-state index in [2.05, 4.69) is 5.32 Å². The molecule has 0 saturated heterocycles. The standard InChI is InChI=1S/C36H38F2N2O6/c1-21(2)40-31(18-15-28(41)19-29(42)20-32(43)44)33(24-5-11-26(37)12-6-24)34(25-7-13-27(38)14-8-25)35(40)36(45)39-22(3)23-9-16-30(46-4)17-10-23/h5-18,21-22,28-29,41-42H,19-20H2,1-4H3,(H,39,45)(H,43,44)/p-1/b18-15+/t22-,28+,29+/m0/s1. The minimum atomic E-state index is -1.44. The maximum Gasteiger partial charge on any atom is 0.269 e. The fraction of sp³-hybridized carbons (Fsp3) is 0.278. The number of carbonyl (C=O) groups is 2. The number of hydrogen-bond acceptors (Lipinski definition) is 6. The number of hydrogen-bond donors (Lipinski definition) is 3. The molecule has 4 rings (SSSR count). The Morgan fingerprint density at radius 2 is 1.43 bits per heavy atom. The first-order valence-electron chi connectivity index (χ1n) is 14.9. The monoisotopic (exact) mass is 631 g/mol. The second kappa shape index (κ2) is 15.0. The lowest BCUT2D eigenvalue weighted by atomic mass is 9.94. The lowest BCUT2D eigenvalue weighted by Gasteiger charge is -2.20. The summed E-state index contributed by atoms with van der Waals surface area (Å²) in [4.78, 5) is 25.2. The molecular weight excluding hydrogens is 594 g/mol. The largest absolute Gasteiger partial charge is 0.550 e. The first-order valence-corrected chi connectivity index (χ1v) is 14.9. The van der Waals surface area contributed by atoms with Crippen molar-refractivity contribution in [1.29, 1.82) is 0 Å². The molecule has 0 aliphatic carbocycles. The SMILES string of the molecule is COc1ccc([C@H](C)NC(=O)c2c(-c3ccc(F)cc3)c(-c3ccc(F)cc3)c(/C=C/[C@@H](O)C[C@@H](O)CC(=O)[O-])n2C(C)C)cc1. The number of nitrogens with one attached hydrogen (secondary N) is 1. The summed E-state index contributed by atoms with van der Waals surface area (Å²) in [7, 11) is 1.57. The summed E-state index contributed by atoms with van der Waals surface area (Å²) in [6.07, 6.45) is -0.501. The zero-order valence-electron chi connectivity index (χ0n) is 26.0. The lowest BCUT2D eigenvalue weighted by molar-refractivity contribution is -0.307. The fourth-order valence-electron chi connectivity index (χ4n) is 5.41. The highest BCUT2D eigenvalue weighted by Crippen LogP contribution is 2.43. The summed E-state index contributed by atoms with van der Waals surface area (Å²) < 4.78 is 35.2. The predicted octanol–water partition coefficient (Wildman–Crippen LogP) is 5.45. The van der Waals surface area contributed by atoms with Crippen LogP contribution >= 0.6 is 0 Å². The van der Waals surface area contributed by atoms with Crippen LogP contribution in [0.2, 0.25) is 0 Å². The molecule has 3 atom stereocenters. The summed E-state index contributed by atoms with van der Waals surface area (Å²) in [5.41, 5.74) is 3.65. The van der Waals surface area contributed by atoms with Crippen LogP contribution in [0.3, 0.4) is 0 Å². The molecular formula is C36H37F2N2O6-. The van der Waals surface area contributed by atoms with Crippen molar-refractivity contribution in [3.05, 3.63) is 107 Å². The van der Waals surface area contributed by atoms with Gasteiger partial charge in [-0.2, -0.15) is 0 Å². The second-order valence-electron chi connectivity index (χ2n) is 11.3. The molecule has 46 heavy (non-hydrogen) atoms. The van der Waals surface area contributed by atoms with E-state index in [1.165, 1.54) is 30.3 Å². The Bertz CT molecular complexity index is 1680. The van der Waals surface area contributed by atoms with Crippen molar-refractivity contribution in [3.63, 3.8) is 0 Å². The van der Waals surface area contributed by atoms with Gasteiger partial charge in [0, 0.05) is 41.7 Å². The van der Waals surface area contributed by atoms with Crippen molar-refractivity contribution < 1.29 is 38.4 Å². The van der Waals surface area contributed by atoms with Gasteiger partial charge >= 0.3 is 0 Å². The van der Waals surface area contributed by atoms with Crippen molar-refractivity contribution in [1.82, 2.24) is 9.88 Å². The van der Waals surface area contributed by atoms with Gasteiger partial charge in [-0.15, -0.1) is 0 Å². The van der Waals surface area contributed by atoms with E-state index in [9.17, 15) is 33.7 Å². The van der Waals surface area contributed by atoms with Crippen LogP contribution in [0.1, 0.15) is 67.4 Å². The van der Waals surface area contributed by atoms with Crippen LogP contribution in [-0.2, 0) is 4.79 Å². The van der Waals surface area contributed by atoms with Gasteiger partial charge in [0.15, 0.2) is 0 Å². The average Bonchev–Trinajstić information content (AvgIpc) is 3.36. The first kappa shape index (κ1) is 34.1. The van der Waals surface area contributed by atoms with E-state index in [-0.39, 0.29) is 18.2 Å². The van der Waals surface area contributed by atoms with Crippen molar-refractivity contribution in [2.45, 2.75) is 57.9 Å². The van der Waals surface area contributed by atoms with Gasteiger partial charge in [0.2, 0.25) is 0 Å². The molecule has 0 aliphatic rings. The van der Waals surface area contributed by atoms with Crippen LogP contribution in [0.5, 0.6) is 5.75 Å². The maximum absolute atomic E-state index is 14.3. The molecule has 0 saturated carbocycles. The number of carboxylic acids is 1. The van der Waals surface area contributed by atoms with Crippen molar-refractivity contribution in [2.75, 3.05) is 7.11 Å². The molecule has 8 nitrogen and oxygen atoms in total. The summed E-state index contributed by atoms with van der Waals surface area (Å²) in [6.45, 7) is 5.60. The quantitative estimate of drug-likeness (QED) is 0.181. The van der Waals surface area contributed by atoms with Gasteiger partial charge in [0.05, 0.1) is 25.4 Å². The van der Waals surface area contributed by atoms with Crippen LogP contribution in [-0.4, -0.2) is 46.0 Å². The van der Waals surface area contributed by atoms with Gasteiger partial charge in [-0.1, -0.05) is 42.5 Å². The van der Waals surface area contributed by atoms with Crippen LogP contribution < -0.4 is 15.2 Å². The van der Waals surface area contributed by atoms with E-state index in [0.717, 1.165) is 5.56 Å². The fourth-order valence-corrected chi connectivity index (χ4v) is 5.41. The topological polar surface area (TPSA) is 124 Å². The number of ether oxygens (including phenoxy) is 1. The number of carboxylic acid groups (broad SMARTS) is 1. The van der Waals surface area contributed by atoms with Gasteiger partial charge in [0.1, 0.15) is 23.1 Å². The molecule has 0 fully saturated rings. The molecule has 3 N–H and O–H groups in total. The Morgan fingerprint density at radius 1 is 0.891 bits per heavy atom. The van der Waals surface area contributed by atoms with E-state index in [4.69, 9.17) is 4.74 Å². The number of benzene rings is 3. The molecule has 4 aromatic rings. The third-order valence-corrected chi connectivity index (χ3v) is 7.60. The van der Waals surface area contributed by atoms with Crippen LogP contribution in [0.4, 0.5) is 8.78 Å². The molecule has 10 heteroatoms. The van der Waals surface area contributed by atoms with E-state index in [1.807, 2.05) is 32.9 Å². The number of aliphatic hydroxyl groups is 2. The van der Waals surface area contributed by atoms with E-state index in [0.29, 0.717) is 33.7 Å². The number of aromatic nitrogens is 1. The maximum atomic E-state index is 14.3. The number of methoxy groups -OCH3 is 1. The highest BCUT2D eigenvalue weighted by atomic mass is 19.1. The Kier molecular flexibility index (Phi) is 11.1. The Balaban J connectivity index is 1.93. The van der Waals surface area contributed by atoms with Gasteiger partial charge in [-0.05, 0) is 79.9 Å². The second-order valence-corrected chi connectivity index (χ2v) is 11.3. The van der Waals surface area contributed by atoms with Gasteiger partial charge < -0.3 is 34.7 Å². The number of halogens is 2. The van der Waals surface area contributed by atoms with E-state index < -0.39 is 48.2 Å². The first-order chi connectivity index (χ1) is 21.9. The molecule has 0 radical (unpaired) electrons. The molecule has 1 aromatic heterocycles. The van der Waals surface area contributed by atoms with Crippen molar-refractivity contribution >= 4 is 18.0 Å². The highest BCUT2D eigenvalue weighted by Gasteiger charge is 2.30. The molecule has 3 aromatic carbocycles. The van der Waals surface area contributed by atoms with Crippen LogP contribution in [0.15, 0.2) is 78.9 Å². The van der Waals surface area contributed by atoms with E-state index in [1.54, 1.807) is 54.2 Å². The highest BCUT2D eigenvalue weighted by molar-refractivity contribution is 6.06. The van der Waals surface area contributed by atoms with Crippen molar-refractivity contribution in [3.8, 4) is 28.0 Å². The molecule has 1 amide bonds. The third kappa shape index (κ3) is 8.07. The number of aliphatic carboxylic acids is 1. The van der Waals surface area contributed by atoms with Gasteiger partial charge in [-0.25, -0.2) is 8.78 Å². The Hall–Kier alpha value is -4.80. The van der Waals surface area contributed by atoms with Gasteiger partial charge in [0.25, 0.3) is 5.91 Å². The number of carbonyl (C=O) groups excluding carboxylic acids is 2. The van der Waals surface area contributed by atoms with Crippen LogP contribution in [0.25, 0.3) is 28.3 Å². The molecule has 0 aliphatic heterocycles. The van der Waals surface area contributed by atoms with Crippen LogP contribution in [0, 0.1) is 11.6 Å². The Labute approximate surface area is 266 Å². The van der Waals surface area contributed by atoms with E-state index >= 15 is 0 Å². The number of rotatable bonds is 13. The third-order valence-electron chi connectivity index (χ3n) is 7.60. The number of nitrogens with zero attached hydrogens (tertiary/aromatic N) is 1. The molecule has 0 bridgehead atoms. The zero-order valence-corrected chi connectivity index (χ0v) is 26.0. The van der Waals surface area contributed by atoms with Gasteiger partial charge in [-0.3, -0.25) is 4.79 Å². The smallest absolute Gasteiger partial charge is 0.269 e. The molecule has 0 spiro atoms. The average molecular weight is 632 g/mol. The summed E-state index contributed by atoms with van der Waals surface area (Å²) in [5.74, 6) is -2.13. The minimum Gasteiger partial charge on any atom is -0.550 e. The summed E-state index contributed by atoms with van der Waals surface area (Å²) in [6, 6.07) is 18.0. The number of amides is 1. The number of aliphatic hydroxyl groups excluding tert-OH is 2. The summed E-state index contributed by atoms with van der Waals surface area (Å²) in [5, 5.41) is 34.7. The lowest BCUT2D eigenvalue weighted by Crippen LogP contribution is -2.30.